The summed E-state index contributed by atoms with van der Waals surface area (Å²) in [6.45, 7) is -0.119. The molecule has 0 aliphatic heterocycles. The van der Waals surface area contributed by atoms with Crippen molar-refractivity contribution in [3.63, 3.8) is 0 Å². The lowest BCUT2D eigenvalue weighted by atomic mass is 9.98. The van der Waals surface area contributed by atoms with Crippen molar-refractivity contribution in [2.45, 2.75) is 44.7 Å². The molecule has 9 heteroatoms. The fourth-order valence-electron chi connectivity index (χ4n) is 3.99. The van der Waals surface area contributed by atoms with Gasteiger partial charge in [0.25, 0.3) is 0 Å². The van der Waals surface area contributed by atoms with Crippen LogP contribution in [0.25, 0.3) is 11.5 Å². The number of hydrogen-bond acceptors (Lipinski definition) is 6. The van der Waals surface area contributed by atoms with Crippen LogP contribution in [-0.4, -0.2) is 47.6 Å². The van der Waals surface area contributed by atoms with E-state index in [0.29, 0.717) is 23.1 Å². The second kappa shape index (κ2) is 7.52. The number of hydrogen-bond donors (Lipinski definition) is 0. The molecule has 2 aliphatic rings. The Hall–Kier alpha value is -2.71. The van der Waals surface area contributed by atoms with Gasteiger partial charge in [0.2, 0.25) is 0 Å². The number of likely N-dealkylation sites (N-methyl/N-ethyl adjacent to an activating group) is 1. The number of ketones is 1. The Morgan fingerprint density at radius 3 is 2.70 bits per heavy atom. The minimum absolute atomic E-state index is 0.0283. The monoisotopic (exact) mass is 420 g/mol. The lowest BCUT2D eigenvalue weighted by Crippen LogP contribution is -2.33. The van der Waals surface area contributed by atoms with Crippen LogP contribution < -0.4 is 9.64 Å². The number of rotatable bonds is 7. The van der Waals surface area contributed by atoms with Gasteiger partial charge in [0.1, 0.15) is 17.3 Å². The van der Waals surface area contributed by atoms with E-state index < -0.39 is 23.8 Å². The highest BCUT2D eigenvalue weighted by Crippen LogP contribution is 2.60. The molecule has 6 nitrogen and oxygen atoms in total. The topological polar surface area (TPSA) is 68.2 Å². The number of halogens is 3. The zero-order valence-corrected chi connectivity index (χ0v) is 16.9. The van der Waals surface area contributed by atoms with Gasteiger partial charge in [0.05, 0.1) is 19.1 Å². The fourth-order valence-corrected chi connectivity index (χ4v) is 3.99. The Morgan fingerprint density at radius 1 is 1.27 bits per heavy atom. The van der Waals surface area contributed by atoms with Crippen molar-refractivity contribution in [3.8, 4) is 17.3 Å². The highest BCUT2D eigenvalue weighted by molar-refractivity contribution is 5.84. The number of carbonyl (C=O) groups is 1. The number of nitrogens with zero attached hydrogens (tertiary/aromatic N) is 4. The zero-order valence-electron chi connectivity index (χ0n) is 16.9. The van der Waals surface area contributed by atoms with E-state index >= 15 is 0 Å². The van der Waals surface area contributed by atoms with Crippen molar-refractivity contribution >= 4 is 11.6 Å². The molecule has 0 bridgehead atoms. The van der Waals surface area contributed by atoms with Crippen molar-refractivity contribution in [2.24, 2.45) is 5.41 Å². The van der Waals surface area contributed by atoms with Gasteiger partial charge in [0, 0.05) is 37.0 Å². The highest BCUT2D eigenvalue weighted by atomic mass is 19.4. The van der Waals surface area contributed by atoms with Gasteiger partial charge in [-0.2, -0.15) is 13.2 Å². The first-order chi connectivity index (χ1) is 14.2. The average Bonchev–Trinajstić information content (AvgIpc) is 3.34. The highest BCUT2D eigenvalue weighted by Gasteiger charge is 2.63. The van der Waals surface area contributed by atoms with Crippen molar-refractivity contribution in [1.29, 1.82) is 0 Å². The molecule has 160 valence electrons. The lowest BCUT2D eigenvalue weighted by Gasteiger charge is -2.23. The number of aryl methyl sites for hydroxylation is 1. The molecule has 0 unspecified atom stereocenters. The van der Waals surface area contributed by atoms with Crippen LogP contribution in [0.3, 0.4) is 0 Å². The van der Waals surface area contributed by atoms with Gasteiger partial charge in [-0.1, -0.05) is 0 Å². The van der Waals surface area contributed by atoms with Crippen LogP contribution in [0.4, 0.5) is 19.0 Å². The van der Waals surface area contributed by atoms with E-state index in [2.05, 4.69) is 15.0 Å². The summed E-state index contributed by atoms with van der Waals surface area (Å²) in [6.07, 6.45) is -0.654. The summed E-state index contributed by atoms with van der Waals surface area (Å²) in [5.74, 6) is 1.19. The Labute approximate surface area is 172 Å². The number of alkyl halides is 3. The van der Waals surface area contributed by atoms with Gasteiger partial charge in [-0.05, 0) is 38.2 Å². The molecule has 0 radical (unpaired) electrons. The first-order valence-corrected chi connectivity index (χ1v) is 9.92. The number of carbonyl (C=O) groups excluding carboxylic acids is 1. The fraction of sp³-hybridized carbons (Fsp3) is 0.524. The third-order valence-corrected chi connectivity index (χ3v) is 5.87. The Kier molecular flexibility index (Phi) is 5.15. The van der Waals surface area contributed by atoms with Crippen LogP contribution in [0, 0.1) is 5.41 Å². The molecule has 0 atom stereocenters. The second-order valence-corrected chi connectivity index (χ2v) is 8.08. The molecular formula is C21H23F3N4O2. The number of aromatic nitrogens is 3. The summed E-state index contributed by atoms with van der Waals surface area (Å²) < 4.78 is 44.8. The number of methoxy groups -OCH3 is 1. The van der Waals surface area contributed by atoms with Crippen LogP contribution in [-0.2, 0) is 17.6 Å². The first-order valence-electron chi connectivity index (χ1n) is 9.92. The SMILES string of the molecule is COc1ccnc(-c2nc3c(c(N(C)CC(=O)CC4(C(F)(F)F)CC4)n2)CCC3)c1. The van der Waals surface area contributed by atoms with Gasteiger partial charge >= 0.3 is 6.18 Å². The normalized spacial score (nSPS) is 16.8. The summed E-state index contributed by atoms with van der Waals surface area (Å²) in [4.78, 5) is 27.7. The maximum absolute atomic E-state index is 13.2. The molecule has 2 aromatic heterocycles. The maximum atomic E-state index is 13.2. The summed E-state index contributed by atoms with van der Waals surface area (Å²) >= 11 is 0. The zero-order chi connectivity index (χ0) is 21.5. The van der Waals surface area contributed by atoms with Crippen LogP contribution in [0.1, 0.15) is 36.9 Å². The van der Waals surface area contributed by atoms with Crippen LogP contribution in [0.15, 0.2) is 18.3 Å². The van der Waals surface area contributed by atoms with Crippen molar-refractivity contribution < 1.29 is 22.7 Å². The molecule has 0 amide bonds. The van der Waals surface area contributed by atoms with E-state index in [1.165, 1.54) is 0 Å². The van der Waals surface area contributed by atoms with Crippen molar-refractivity contribution in [2.75, 3.05) is 25.6 Å². The molecular weight excluding hydrogens is 397 g/mol. The van der Waals surface area contributed by atoms with E-state index in [0.717, 1.165) is 30.5 Å². The van der Waals surface area contributed by atoms with Gasteiger partial charge in [-0.15, -0.1) is 0 Å². The molecule has 2 aliphatic carbocycles. The van der Waals surface area contributed by atoms with E-state index in [4.69, 9.17) is 4.74 Å². The third kappa shape index (κ3) is 3.85. The Morgan fingerprint density at radius 2 is 2.03 bits per heavy atom. The summed E-state index contributed by atoms with van der Waals surface area (Å²) in [5, 5.41) is 0. The molecule has 0 spiro atoms. The quantitative estimate of drug-likeness (QED) is 0.679. The minimum Gasteiger partial charge on any atom is -0.497 e. The van der Waals surface area contributed by atoms with Gasteiger partial charge in [0.15, 0.2) is 11.6 Å². The molecule has 30 heavy (non-hydrogen) atoms. The van der Waals surface area contributed by atoms with E-state index in [1.807, 2.05) is 0 Å². The van der Waals surface area contributed by atoms with E-state index in [9.17, 15) is 18.0 Å². The van der Waals surface area contributed by atoms with Crippen LogP contribution in [0.2, 0.25) is 0 Å². The minimum atomic E-state index is -4.33. The molecule has 0 N–H and O–H groups in total. The predicted molar refractivity (Wildman–Crippen MR) is 104 cm³/mol. The number of ether oxygens (including phenoxy) is 1. The maximum Gasteiger partial charge on any atom is 0.394 e. The Bertz CT molecular complexity index is 973. The summed E-state index contributed by atoms with van der Waals surface area (Å²) in [7, 11) is 3.25. The standard InChI is InChI=1S/C21H23F3N4O2/c1-28(12-13(29)11-20(7-8-20)21(22,23)24)19-15-4-3-5-16(15)26-18(27-19)17-10-14(30-2)6-9-25-17/h6,9-10H,3-5,7-8,11-12H2,1-2H3. The molecule has 2 heterocycles. The third-order valence-electron chi connectivity index (χ3n) is 5.87. The summed E-state index contributed by atoms with van der Waals surface area (Å²) in [5.41, 5.74) is 0.564. The van der Waals surface area contributed by atoms with Gasteiger partial charge in [-0.3, -0.25) is 9.78 Å². The number of anilines is 1. The number of pyridine rings is 1. The smallest absolute Gasteiger partial charge is 0.394 e. The molecule has 4 rings (SSSR count). The van der Waals surface area contributed by atoms with Crippen LogP contribution in [0.5, 0.6) is 5.75 Å². The predicted octanol–water partition coefficient (Wildman–Crippen LogP) is 3.77. The summed E-state index contributed by atoms with van der Waals surface area (Å²) in [6, 6.07) is 3.45. The molecule has 0 saturated heterocycles. The molecule has 1 fully saturated rings. The van der Waals surface area contributed by atoms with Crippen molar-refractivity contribution in [3.05, 3.63) is 29.6 Å². The average molecular weight is 420 g/mol. The second-order valence-electron chi connectivity index (χ2n) is 8.08. The number of Topliss-reactive ketones (excluding diaryl/α,β-unsaturated/α-hetero) is 1. The Balaban J connectivity index is 1.58. The molecule has 1 saturated carbocycles. The van der Waals surface area contributed by atoms with E-state index in [1.54, 1.807) is 37.4 Å². The number of fused-ring (bicyclic) bond motifs is 1. The first kappa shape index (κ1) is 20.6. The van der Waals surface area contributed by atoms with Gasteiger partial charge < -0.3 is 9.64 Å². The largest absolute Gasteiger partial charge is 0.497 e. The van der Waals surface area contributed by atoms with E-state index in [-0.39, 0.29) is 19.4 Å². The molecule has 0 aromatic carbocycles. The van der Waals surface area contributed by atoms with Gasteiger partial charge in [-0.25, -0.2) is 9.97 Å². The molecule has 2 aromatic rings. The van der Waals surface area contributed by atoms with Crippen molar-refractivity contribution in [1.82, 2.24) is 15.0 Å². The van der Waals surface area contributed by atoms with Crippen LogP contribution >= 0.6 is 0 Å². The lowest BCUT2D eigenvalue weighted by molar-refractivity contribution is -0.190.